The van der Waals surface area contributed by atoms with Gasteiger partial charge >= 0.3 is 11.8 Å². The monoisotopic (exact) mass is 432 g/mol. The van der Waals surface area contributed by atoms with E-state index >= 15 is 0 Å². The van der Waals surface area contributed by atoms with E-state index in [0.717, 1.165) is 38.5 Å². The van der Waals surface area contributed by atoms with Gasteiger partial charge in [0.1, 0.15) is 0 Å². The summed E-state index contributed by atoms with van der Waals surface area (Å²) in [5.74, 6) is -0.226. The fourth-order valence-corrected chi connectivity index (χ4v) is 5.64. The highest BCUT2D eigenvalue weighted by Crippen LogP contribution is 2.24. The van der Waals surface area contributed by atoms with Crippen LogP contribution in [0.3, 0.4) is 0 Å². The van der Waals surface area contributed by atoms with Crippen LogP contribution in [0.1, 0.15) is 68.5 Å². The van der Waals surface area contributed by atoms with Crippen LogP contribution in [-0.2, 0) is 10.0 Å². The second kappa shape index (κ2) is 9.26. The molecular weight excluding hydrogens is 404 g/mol. The minimum Gasteiger partial charge on any atom is -0.412 e. The number of benzene rings is 1. The number of nitrogens with zero attached hydrogens (tertiary/aromatic N) is 3. The Morgan fingerprint density at radius 2 is 1.57 bits per heavy atom. The molecule has 2 aromatic rings. The minimum absolute atomic E-state index is 0.0687. The van der Waals surface area contributed by atoms with E-state index in [1.165, 1.54) is 23.6 Å². The van der Waals surface area contributed by atoms with E-state index in [1.54, 1.807) is 24.3 Å². The van der Waals surface area contributed by atoms with E-state index in [0.29, 0.717) is 18.7 Å². The summed E-state index contributed by atoms with van der Waals surface area (Å²) in [6, 6.07) is 6.49. The second-order valence-electron chi connectivity index (χ2n) is 8.06. The van der Waals surface area contributed by atoms with Gasteiger partial charge in [0.25, 0.3) is 0 Å². The number of hydrogen-bond donors (Lipinski definition) is 1. The van der Waals surface area contributed by atoms with Crippen molar-refractivity contribution in [2.75, 3.05) is 13.1 Å². The smallest absolute Gasteiger partial charge is 0.309 e. The van der Waals surface area contributed by atoms with Gasteiger partial charge in [-0.25, -0.2) is 8.42 Å². The van der Waals surface area contributed by atoms with E-state index in [9.17, 15) is 13.2 Å². The molecule has 2 fully saturated rings. The first-order chi connectivity index (χ1) is 14.5. The van der Waals surface area contributed by atoms with Gasteiger partial charge in [0.15, 0.2) is 0 Å². The standard InChI is InChI=1S/C21H28N4O4S/c26-19(22-17-8-4-2-1-3-5-9-17)21-24-23-20(29-21)16-10-12-18(13-11-16)30(27,28)25-14-6-7-15-25/h10-13,17H,1-9,14-15H2,(H,22,26). The molecule has 8 nitrogen and oxygen atoms in total. The van der Waals surface area contributed by atoms with Crippen LogP contribution in [0.2, 0.25) is 0 Å². The molecule has 9 heteroatoms. The largest absolute Gasteiger partial charge is 0.412 e. The van der Waals surface area contributed by atoms with Crippen molar-refractivity contribution in [2.24, 2.45) is 0 Å². The maximum Gasteiger partial charge on any atom is 0.309 e. The molecule has 1 N–H and O–H groups in total. The van der Waals surface area contributed by atoms with Crippen LogP contribution in [0.4, 0.5) is 0 Å². The fourth-order valence-electron chi connectivity index (χ4n) is 4.13. The first-order valence-corrected chi connectivity index (χ1v) is 12.2. The number of aromatic nitrogens is 2. The van der Waals surface area contributed by atoms with Crippen LogP contribution in [-0.4, -0.2) is 48.0 Å². The average molecular weight is 433 g/mol. The highest BCUT2D eigenvalue weighted by atomic mass is 32.2. The lowest BCUT2D eigenvalue weighted by atomic mass is 9.97. The molecule has 1 saturated heterocycles. The summed E-state index contributed by atoms with van der Waals surface area (Å²) in [5.41, 5.74) is 0.577. The molecule has 1 aliphatic carbocycles. The first kappa shape index (κ1) is 21.0. The number of hydrogen-bond acceptors (Lipinski definition) is 6. The molecule has 1 saturated carbocycles. The van der Waals surface area contributed by atoms with Crippen LogP contribution < -0.4 is 5.32 Å². The van der Waals surface area contributed by atoms with Crippen LogP contribution in [0, 0.1) is 0 Å². The Balaban J connectivity index is 1.42. The van der Waals surface area contributed by atoms with Gasteiger partial charge in [-0.1, -0.05) is 32.1 Å². The molecule has 1 aromatic heterocycles. The molecule has 0 bridgehead atoms. The second-order valence-corrected chi connectivity index (χ2v) is 10.0. The summed E-state index contributed by atoms with van der Waals surface area (Å²) in [4.78, 5) is 12.7. The van der Waals surface area contributed by atoms with Crippen LogP contribution >= 0.6 is 0 Å². The zero-order valence-electron chi connectivity index (χ0n) is 17.0. The lowest BCUT2D eigenvalue weighted by molar-refractivity contribution is 0.0896. The minimum atomic E-state index is -3.47. The number of amides is 1. The lowest BCUT2D eigenvalue weighted by Gasteiger charge is -2.19. The molecule has 0 radical (unpaired) electrons. The molecule has 0 unspecified atom stereocenters. The fraction of sp³-hybridized carbons (Fsp3) is 0.571. The molecule has 0 atom stereocenters. The van der Waals surface area contributed by atoms with E-state index in [1.807, 2.05) is 0 Å². The van der Waals surface area contributed by atoms with Gasteiger partial charge in [-0.15, -0.1) is 10.2 Å². The third kappa shape index (κ3) is 4.73. The van der Waals surface area contributed by atoms with Gasteiger partial charge in [-0.05, 0) is 49.9 Å². The number of carbonyl (C=O) groups excluding carboxylic acids is 1. The van der Waals surface area contributed by atoms with Gasteiger partial charge < -0.3 is 9.73 Å². The maximum absolute atomic E-state index is 12.6. The first-order valence-electron chi connectivity index (χ1n) is 10.8. The third-order valence-electron chi connectivity index (χ3n) is 5.86. The summed E-state index contributed by atoms with van der Waals surface area (Å²) in [5, 5.41) is 10.9. The van der Waals surface area contributed by atoms with Crippen molar-refractivity contribution in [3.05, 3.63) is 30.2 Å². The molecule has 0 spiro atoms. The van der Waals surface area contributed by atoms with Gasteiger partial charge in [0.05, 0.1) is 4.90 Å². The van der Waals surface area contributed by atoms with E-state index in [2.05, 4.69) is 15.5 Å². The van der Waals surface area contributed by atoms with Crippen LogP contribution in [0.25, 0.3) is 11.5 Å². The number of carbonyl (C=O) groups is 1. The lowest BCUT2D eigenvalue weighted by Crippen LogP contribution is -2.35. The molecule has 1 amide bonds. The Kier molecular flexibility index (Phi) is 6.48. The highest BCUT2D eigenvalue weighted by molar-refractivity contribution is 7.89. The zero-order chi connectivity index (χ0) is 21.0. The Morgan fingerprint density at radius 1 is 0.933 bits per heavy atom. The highest BCUT2D eigenvalue weighted by Gasteiger charge is 2.27. The molecular formula is C21H28N4O4S. The summed E-state index contributed by atoms with van der Waals surface area (Å²) >= 11 is 0. The van der Waals surface area contributed by atoms with E-state index in [4.69, 9.17) is 4.42 Å². The number of nitrogens with one attached hydrogen (secondary N) is 1. The Hall–Kier alpha value is -2.26. The Bertz CT molecular complexity index is 957. The van der Waals surface area contributed by atoms with Gasteiger partial charge in [-0.3, -0.25) is 4.79 Å². The summed E-state index contributed by atoms with van der Waals surface area (Å²) < 4.78 is 32.3. The van der Waals surface area contributed by atoms with Gasteiger partial charge in [-0.2, -0.15) is 4.31 Å². The molecule has 1 aliphatic heterocycles. The van der Waals surface area contributed by atoms with Gasteiger partial charge in [0, 0.05) is 24.7 Å². The van der Waals surface area contributed by atoms with E-state index < -0.39 is 10.0 Å². The molecule has 162 valence electrons. The molecule has 30 heavy (non-hydrogen) atoms. The maximum atomic E-state index is 12.6. The molecule has 2 heterocycles. The predicted molar refractivity (Wildman–Crippen MR) is 111 cm³/mol. The molecule has 2 aliphatic rings. The number of sulfonamides is 1. The van der Waals surface area contributed by atoms with Crippen molar-refractivity contribution < 1.29 is 17.6 Å². The van der Waals surface area contributed by atoms with Crippen molar-refractivity contribution in [1.29, 1.82) is 0 Å². The van der Waals surface area contributed by atoms with Crippen molar-refractivity contribution in [2.45, 2.75) is 68.7 Å². The average Bonchev–Trinajstić information content (AvgIpc) is 3.42. The topological polar surface area (TPSA) is 105 Å². The summed E-state index contributed by atoms with van der Waals surface area (Å²) in [6.07, 6.45) is 9.65. The van der Waals surface area contributed by atoms with E-state index in [-0.39, 0.29) is 28.6 Å². The molecule has 4 rings (SSSR count). The van der Waals surface area contributed by atoms with Crippen molar-refractivity contribution in [3.63, 3.8) is 0 Å². The van der Waals surface area contributed by atoms with Crippen molar-refractivity contribution in [3.8, 4) is 11.5 Å². The van der Waals surface area contributed by atoms with Crippen LogP contribution in [0.15, 0.2) is 33.6 Å². The van der Waals surface area contributed by atoms with Crippen LogP contribution in [0.5, 0.6) is 0 Å². The van der Waals surface area contributed by atoms with Crippen molar-refractivity contribution in [1.82, 2.24) is 19.8 Å². The quantitative estimate of drug-likeness (QED) is 0.777. The SMILES string of the molecule is O=C(NC1CCCCCCC1)c1nnc(-c2ccc(S(=O)(=O)N3CCCC3)cc2)o1. The molecule has 1 aromatic carbocycles. The Morgan fingerprint density at radius 3 is 2.23 bits per heavy atom. The van der Waals surface area contributed by atoms with Gasteiger partial charge in [0.2, 0.25) is 15.9 Å². The number of rotatable bonds is 5. The van der Waals surface area contributed by atoms with Crippen molar-refractivity contribution >= 4 is 15.9 Å². The summed E-state index contributed by atoms with van der Waals surface area (Å²) in [6.45, 7) is 1.13. The summed E-state index contributed by atoms with van der Waals surface area (Å²) in [7, 11) is -3.47. The normalized spacial score (nSPS) is 19.3. The third-order valence-corrected chi connectivity index (χ3v) is 7.78. The zero-order valence-corrected chi connectivity index (χ0v) is 17.9. The Labute approximate surface area is 177 Å². The predicted octanol–water partition coefficient (Wildman–Crippen LogP) is 3.36.